The molecule has 5 atom stereocenters. The number of carbonyl (C=O) groups excluding carboxylic acids is 3. The minimum absolute atomic E-state index is 0.154. The molecule has 0 radical (unpaired) electrons. The minimum Gasteiger partial charge on any atom is -0.454 e. The molecular formula is C25H24Cl3NO9. The predicted molar refractivity (Wildman–Crippen MR) is 136 cm³/mol. The average molecular weight is 589 g/mol. The maximum atomic E-state index is 13.0. The van der Waals surface area contributed by atoms with Crippen molar-refractivity contribution < 1.29 is 42.8 Å². The van der Waals surface area contributed by atoms with Crippen molar-refractivity contribution in [2.24, 2.45) is 0 Å². The van der Waals surface area contributed by atoms with E-state index in [0.717, 1.165) is 6.92 Å². The van der Waals surface area contributed by atoms with Gasteiger partial charge in [-0.15, -0.1) is 0 Å². The summed E-state index contributed by atoms with van der Waals surface area (Å²) in [6, 6.07) is 16.0. The van der Waals surface area contributed by atoms with Crippen LogP contribution in [0.1, 0.15) is 27.6 Å². The van der Waals surface area contributed by atoms with E-state index in [-0.39, 0.29) is 17.7 Å². The van der Waals surface area contributed by atoms with Gasteiger partial charge in [-0.3, -0.25) is 10.2 Å². The van der Waals surface area contributed by atoms with Crippen molar-refractivity contribution >= 4 is 58.6 Å². The van der Waals surface area contributed by atoms with E-state index in [1.165, 1.54) is 31.4 Å². The number of esters is 3. The van der Waals surface area contributed by atoms with Crippen LogP contribution >= 0.6 is 34.8 Å². The molecule has 2 aromatic rings. The van der Waals surface area contributed by atoms with Crippen LogP contribution in [0.2, 0.25) is 0 Å². The van der Waals surface area contributed by atoms with Crippen molar-refractivity contribution in [3.05, 3.63) is 71.8 Å². The Morgan fingerprint density at radius 2 is 1.32 bits per heavy atom. The first-order chi connectivity index (χ1) is 18.0. The molecule has 13 heteroatoms. The van der Waals surface area contributed by atoms with Crippen LogP contribution in [0, 0.1) is 5.41 Å². The highest BCUT2D eigenvalue weighted by Crippen LogP contribution is 2.34. The van der Waals surface area contributed by atoms with Gasteiger partial charge >= 0.3 is 17.9 Å². The lowest BCUT2D eigenvalue weighted by Crippen LogP contribution is -2.63. The zero-order valence-corrected chi connectivity index (χ0v) is 22.4. The summed E-state index contributed by atoms with van der Waals surface area (Å²) in [5.41, 5.74) is 0.362. The van der Waals surface area contributed by atoms with E-state index in [0.29, 0.717) is 0 Å². The number of carbonyl (C=O) groups is 3. The van der Waals surface area contributed by atoms with Crippen LogP contribution in [0.25, 0.3) is 0 Å². The number of alkyl halides is 3. The molecule has 0 spiro atoms. The van der Waals surface area contributed by atoms with E-state index in [9.17, 15) is 14.4 Å². The fourth-order valence-corrected chi connectivity index (χ4v) is 3.71. The zero-order chi connectivity index (χ0) is 27.9. The summed E-state index contributed by atoms with van der Waals surface area (Å²) in [5, 5.41) is 8.00. The van der Waals surface area contributed by atoms with Crippen molar-refractivity contribution in [3.63, 3.8) is 0 Å². The summed E-state index contributed by atoms with van der Waals surface area (Å²) in [6.45, 7) is 0.941. The molecule has 1 fully saturated rings. The van der Waals surface area contributed by atoms with Crippen LogP contribution in [0.5, 0.6) is 0 Å². The van der Waals surface area contributed by atoms with Gasteiger partial charge in [-0.1, -0.05) is 71.2 Å². The van der Waals surface area contributed by atoms with Crippen LogP contribution < -0.4 is 0 Å². The monoisotopic (exact) mass is 587 g/mol. The molecule has 1 aliphatic rings. The highest BCUT2D eigenvalue weighted by Gasteiger charge is 2.54. The molecule has 10 nitrogen and oxygen atoms in total. The Labute approximate surface area is 233 Å². The molecule has 1 saturated heterocycles. The molecule has 204 valence electrons. The van der Waals surface area contributed by atoms with Crippen molar-refractivity contribution in [3.8, 4) is 0 Å². The Bertz CT molecular complexity index is 1130. The largest absolute Gasteiger partial charge is 0.454 e. The standard InChI is InChI=1S/C25H24Cl3NO9/c1-14(30)34-19-18(36-21(31)15-9-5-3-6-10-15)17(13-33-2)35-23(38-24(29)25(26,27)28)20(19)37-22(32)16-11-7-4-8-12-16/h3-12,17-20,23,29H,13H2,1-2H3/t17-,18-,19+,20-,23-/m1/s1. The summed E-state index contributed by atoms with van der Waals surface area (Å²) in [4.78, 5) is 38.1. The van der Waals surface area contributed by atoms with Crippen molar-refractivity contribution in [1.82, 2.24) is 0 Å². The number of methoxy groups -OCH3 is 1. The van der Waals surface area contributed by atoms with Crippen LogP contribution in [0.3, 0.4) is 0 Å². The molecule has 0 aromatic heterocycles. The van der Waals surface area contributed by atoms with E-state index >= 15 is 0 Å². The van der Waals surface area contributed by atoms with Gasteiger partial charge in [-0.05, 0) is 24.3 Å². The van der Waals surface area contributed by atoms with Crippen LogP contribution in [0.4, 0.5) is 0 Å². The van der Waals surface area contributed by atoms with Crippen LogP contribution in [-0.4, -0.2) is 72.0 Å². The van der Waals surface area contributed by atoms with Crippen molar-refractivity contribution in [1.29, 1.82) is 5.41 Å². The van der Waals surface area contributed by atoms with Crippen LogP contribution in [-0.2, 0) is 33.2 Å². The average Bonchev–Trinajstić information content (AvgIpc) is 2.88. The van der Waals surface area contributed by atoms with E-state index in [1.54, 1.807) is 36.4 Å². The topological polar surface area (TPSA) is 130 Å². The summed E-state index contributed by atoms with van der Waals surface area (Å²) in [7, 11) is 1.36. The van der Waals surface area contributed by atoms with E-state index in [4.69, 9.17) is 68.6 Å². The number of halogens is 3. The lowest BCUT2D eigenvalue weighted by molar-refractivity contribution is -0.284. The predicted octanol–water partition coefficient (Wildman–Crippen LogP) is 4.10. The Kier molecular flexibility index (Phi) is 10.3. The summed E-state index contributed by atoms with van der Waals surface area (Å²) in [6.07, 6.45) is -7.10. The first-order valence-electron chi connectivity index (χ1n) is 11.2. The smallest absolute Gasteiger partial charge is 0.338 e. The molecule has 3 rings (SSSR count). The lowest BCUT2D eigenvalue weighted by Gasteiger charge is -2.44. The maximum Gasteiger partial charge on any atom is 0.338 e. The van der Waals surface area contributed by atoms with Gasteiger partial charge in [0, 0.05) is 14.0 Å². The summed E-state index contributed by atoms with van der Waals surface area (Å²) < 4.78 is 31.1. The van der Waals surface area contributed by atoms with Gasteiger partial charge in [0.05, 0.1) is 17.7 Å². The highest BCUT2D eigenvalue weighted by atomic mass is 35.6. The Balaban J connectivity index is 2.02. The quantitative estimate of drug-likeness (QED) is 0.159. The minimum atomic E-state index is -2.29. The third-order valence-electron chi connectivity index (χ3n) is 5.22. The molecule has 0 bridgehead atoms. The van der Waals surface area contributed by atoms with Crippen molar-refractivity contribution in [2.45, 2.75) is 41.4 Å². The van der Waals surface area contributed by atoms with Crippen molar-refractivity contribution in [2.75, 3.05) is 13.7 Å². The second-order valence-corrected chi connectivity index (χ2v) is 10.3. The van der Waals surface area contributed by atoms with Gasteiger partial charge in [-0.25, -0.2) is 9.59 Å². The Morgan fingerprint density at radius 1 is 0.816 bits per heavy atom. The number of nitrogens with one attached hydrogen (secondary N) is 1. The molecule has 2 aromatic carbocycles. The SMILES string of the molecule is COC[C@H]1O[C@H](OC(=N)C(Cl)(Cl)Cl)[C@H](OC(=O)c2ccccc2)[C@@H](OC(C)=O)[C@@H]1OC(=O)c1ccccc1. The normalized spacial score (nSPS) is 23.1. The summed E-state index contributed by atoms with van der Waals surface area (Å²) >= 11 is 17.3. The third kappa shape index (κ3) is 7.81. The molecule has 1 heterocycles. The first-order valence-corrected chi connectivity index (χ1v) is 12.3. The van der Waals surface area contributed by atoms with Gasteiger partial charge in [0.2, 0.25) is 18.3 Å². The second-order valence-electron chi connectivity index (χ2n) is 7.99. The Hall–Kier alpha value is -2.89. The van der Waals surface area contributed by atoms with Gasteiger partial charge in [0.1, 0.15) is 6.10 Å². The van der Waals surface area contributed by atoms with Gasteiger partial charge in [-0.2, -0.15) is 0 Å². The molecule has 1 N–H and O–H groups in total. The molecule has 0 saturated carbocycles. The number of rotatable bonds is 8. The lowest BCUT2D eigenvalue weighted by atomic mass is 9.98. The van der Waals surface area contributed by atoms with Gasteiger partial charge < -0.3 is 28.4 Å². The molecule has 0 unspecified atom stereocenters. The molecule has 1 aliphatic heterocycles. The maximum absolute atomic E-state index is 13.0. The number of benzene rings is 2. The highest BCUT2D eigenvalue weighted by molar-refractivity contribution is 6.76. The number of ether oxygens (including phenoxy) is 6. The number of hydrogen-bond donors (Lipinski definition) is 1. The van der Waals surface area contributed by atoms with Crippen LogP contribution in [0.15, 0.2) is 60.7 Å². The van der Waals surface area contributed by atoms with E-state index in [2.05, 4.69) is 0 Å². The fraction of sp³-hybridized carbons (Fsp3) is 0.360. The zero-order valence-electron chi connectivity index (χ0n) is 20.2. The third-order valence-corrected chi connectivity index (χ3v) is 5.74. The Morgan fingerprint density at radius 3 is 1.76 bits per heavy atom. The van der Waals surface area contributed by atoms with Gasteiger partial charge in [0.25, 0.3) is 3.79 Å². The van der Waals surface area contributed by atoms with Gasteiger partial charge in [0.15, 0.2) is 12.2 Å². The molecule has 38 heavy (non-hydrogen) atoms. The molecular weight excluding hydrogens is 565 g/mol. The molecule has 0 amide bonds. The molecule has 0 aliphatic carbocycles. The summed E-state index contributed by atoms with van der Waals surface area (Å²) in [5.74, 6) is -3.25. The van der Waals surface area contributed by atoms with E-state index < -0.39 is 58.3 Å². The van der Waals surface area contributed by atoms with E-state index in [1.807, 2.05) is 0 Å². The second kappa shape index (κ2) is 13.3. The number of hydrogen-bond acceptors (Lipinski definition) is 10. The fourth-order valence-electron chi connectivity index (χ4n) is 3.58. The first kappa shape index (κ1) is 29.7.